The fourth-order valence-electron chi connectivity index (χ4n) is 3.29. The zero-order valence-electron chi connectivity index (χ0n) is 16.8. The molecule has 1 saturated heterocycles. The van der Waals surface area contributed by atoms with Gasteiger partial charge in [-0.1, -0.05) is 24.3 Å². The number of hydrogen-bond donors (Lipinski definition) is 1. The average molecular weight is 441 g/mol. The molecule has 156 valence electrons. The largest absolute Gasteiger partial charge is 0.341 e. The number of thiazole rings is 1. The number of nitrogens with zero attached hydrogens (tertiary/aromatic N) is 3. The lowest BCUT2D eigenvalue weighted by Gasteiger charge is -2.26. The molecule has 1 N–H and O–H groups in total. The maximum absolute atomic E-state index is 12.5. The van der Waals surface area contributed by atoms with Gasteiger partial charge in [0.05, 0.1) is 23.2 Å². The van der Waals surface area contributed by atoms with Gasteiger partial charge in [0.1, 0.15) is 5.01 Å². The molecule has 0 bridgehead atoms. The third kappa shape index (κ3) is 5.12. The summed E-state index contributed by atoms with van der Waals surface area (Å²) in [6.07, 6.45) is 0.399. The number of carbonyl (C=O) groups is 2. The van der Waals surface area contributed by atoms with E-state index >= 15 is 0 Å². The summed E-state index contributed by atoms with van der Waals surface area (Å²) in [6, 6.07) is 15.3. The maximum atomic E-state index is 12.5. The minimum Gasteiger partial charge on any atom is -0.341 e. The van der Waals surface area contributed by atoms with E-state index in [1.54, 1.807) is 23.3 Å². The van der Waals surface area contributed by atoms with Gasteiger partial charge < -0.3 is 15.1 Å². The summed E-state index contributed by atoms with van der Waals surface area (Å²) in [7, 11) is 1.76. The lowest BCUT2D eigenvalue weighted by Crippen LogP contribution is -2.38. The molecule has 1 aliphatic heterocycles. The van der Waals surface area contributed by atoms with E-state index in [0.29, 0.717) is 18.7 Å². The first kappa shape index (κ1) is 20.7. The highest BCUT2D eigenvalue weighted by Gasteiger charge is 2.17. The topological polar surface area (TPSA) is 65.5 Å². The molecule has 30 heavy (non-hydrogen) atoms. The number of carbonyl (C=O) groups excluding carboxylic acids is 2. The minimum atomic E-state index is -0.191. The van der Waals surface area contributed by atoms with Crippen molar-refractivity contribution < 1.29 is 9.59 Å². The number of aromatic nitrogens is 1. The third-order valence-electron chi connectivity index (χ3n) is 4.98. The number of hydrogen-bond acceptors (Lipinski definition) is 5. The molecule has 8 heteroatoms. The second-order valence-corrected chi connectivity index (χ2v) is 9.57. The number of amides is 3. The average Bonchev–Trinajstić information content (AvgIpc) is 3.18. The lowest BCUT2D eigenvalue weighted by atomic mass is 10.1. The Kier molecular flexibility index (Phi) is 6.54. The van der Waals surface area contributed by atoms with Crippen LogP contribution in [0.25, 0.3) is 10.2 Å². The van der Waals surface area contributed by atoms with Crippen molar-refractivity contribution in [2.75, 3.05) is 37.0 Å². The normalized spacial score (nSPS) is 14.0. The van der Waals surface area contributed by atoms with Gasteiger partial charge in [0.25, 0.3) is 0 Å². The molecule has 1 fully saturated rings. The maximum Gasteiger partial charge on any atom is 0.321 e. The smallest absolute Gasteiger partial charge is 0.321 e. The molecule has 1 aromatic heterocycles. The molecule has 3 aromatic rings. The van der Waals surface area contributed by atoms with Gasteiger partial charge in [0, 0.05) is 37.3 Å². The molecule has 6 nitrogen and oxygen atoms in total. The summed E-state index contributed by atoms with van der Waals surface area (Å²) >= 11 is 3.49. The molecule has 0 aliphatic carbocycles. The van der Waals surface area contributed by atoms with Crippen LogP contribution >= 0.6 is 23.1 Å². The predicted octanol–water partition coefficient (Wildman–Crippen LogP) is 4.08. The van der Waals surface area contributed by atoms with Gasteiger partial charge in [-0.25, -0.2) is 9.78 Å². The SMILES string of the molecule is CN(Cc1nc2ccccc2s1)C(=O)Nc1ccc(CC(=O)N2CCSCC2)cc1. The Balaban J connectivity index is 1.30. The summed E-state index contributed by atoms with van der Waals surface area (Å²) in [5.41, 5.74) is 2.63. The van der Waals surface area contributed by atoms with Gasteiger partial charge in [-0.15, -0.1) is 11.3 Å². The van der Waals surface area contributed by atoms with Gasteiger partial charge >= 0.3 is 6.03 Å². The van der Waals surface area contributed by atoms with E-state index < -0.39 is 0 Å². The highest BCUT2D eigenvalue weighted by atomic mass is 32.2. The van der Waals surface area contributed by atoms with E-state index in [-0.39, 0.29) is 11.9 Å². The van der Waals surface area contributed by atoms with Crippen LogP contribution in [-0.2, 0) is 17.8 Å². The molecule has 0 atom stereocenters. The van der Waals surface area contributed by atoms with Crippen LogP contribution in [0.15, 0.2) is 48.5 Å². The minimum absolute atomic E-state index is 0.169. The van der Waals surface area contributed by atoms with Gasteiger partial charge in [0.2, 0.25) is 5.91 Å². The molecule has 1 aliphatic rings. The zero-order valence-corrected chi connectivity index (χ0v) is 18.5. The fourth-order valence-corrected chi connectivity index (χ4v) is 5.21. The number of anilines is 1. The van der Waals surface area contributed by atoms with Crippen molar-refractivity contribution in [2.45, 2.75) is 13.0 Å². The number of rotatable bonds is 5. The van der Waals surface area contributed by atoms with Gasteiger partial charge in [-0.2, -0.15) is 11.8 Å². The Morgan fingerprint density at radius 2 is 1.83 bits per heavy atom. The Morgan fingerprint density at radius 1 is 1.10 bits per heavy atom. The Labute approximate surface area is 184 Å². The van der Waals surface area contributed by atoms with Crippen LogP contribution in [-0.4, -0.2) is 58.4 Å². The number of para-hydroxylation sites is 1. The Hall–Kier alpha value is -2.58. The van der Waals surface area contributed by atoms with Crippen LogP contribution in [0.5, 0.6) is 0 Å². The van der Waals surface area contributed by atoms with E-state index in [9.17, 15) is 9.59 Å². The summed E-state index contributed by atoms with van der Waals surface area (Å²) in [5.74, 6) is 2.20. The van der Waals surface area contributed by atoms with Crippen LogP contribution in [0, 0.1) is 0 Å². The number of thioether (sulfide) groups is 1. The van der Waals surface area contributed by atoms with Crippen molar-refractivity contribution >= 4 is 50.9 Å². The highest BCUT2D eigenvalue weighted by Crippen LogP contribution is 2.22. The summed E-state index contributed by atoms with van der Waals surface area (Å²) < 4.78 is 1.12. The molecule has 2 heterocycles. The Morgan fingerprint density at radius 3 is 2.57 bits per heavy atom. The molecule has 3 amide bonds. The number of fused-ring (bicyclic) bond motifs is 1. The first-order valence-corrected chi connectivity index (χ1v) is 11.9. The highest BCUT2D eigenvalue weighted by molar-refractivity contribution is 7.99. The van der Waals surface area contributed by atoms with Crippen LogP contribution in [0.2, 0.25) is 0 Å². The summed E-state index contributed by atoms with van der Waals surface area (Å²) in [4.78, 5) is 33.1. The van der Waals surface area contributed by atoms with Gasteiger partial charge in [0.15, 0.2) is 0 Å². The molecule has 0 spiro atoms. The molecule has 0 unspecified atom stereocenters. The van der Waals surface area contributed by atoms with Crippen LogP contribution < -0.4 is 5.32 Å². The van der Waals surface area contributed by atoms with Gasteiger partial charge in [-0.3, -0.25) is 4.79 Å². The monoisotopic (exact) mass is 440 g/mol. The van der Waals surface area contributed by atoms with E-state index in [0.717, 1.165) is 45.4 Å². The molecule has 0 saturated carbocycles. The first-order chi connectivity index (χ1) is 14.6. The number of urea groups is 1. The van der Waals surface area contributed by atoms with Crippen molar-refractivity contribution in [2.24, 2.45) is 0 Å². The van der Waals surface area contributed by atoms with Crippen molar-refractivity contribution in [1.29, 1.82) is 0 Å². The number of nitrogens with one attached hydrogen (secondary N) is 1. The lowest BCUT2D eigenvalue weighted by molar-refractivity contribution is -0.130. The second-order valence-electron chi connectivity index (χ2n) is 7.23. The standard InChI is InChI=1S/C22H24N4O2S2/c1-25(15-20-24-18-4-2-3-5-19(18)30-20)22(28)23-17-8-6-16(7-9-17)14-21(27)26-10-12-29-13-11-26/h2-9H,10-15H2,1H3,(H,23,28). The number of benzene rings is 2. The van der Waals surface area contributed by atoms with Crippen molar-refractivity contribution in [3.05, 3.63) is 59.1 Å². The van der Waals surface area contributed by atoms with Crippen molar-refractivity contribution in [3.8, 4) is 0 Å². The predicted molar refractivity (Wildman–Crippen MR) is 124 cm³/mol. The van der Waals surface area contributed by atoms with E-state index in [2.05, 4.69) is 10.3 Å². The fraction of sp³-hybridized carbons (Fsp3) is 0.318. The zero-order chi connectivity index (χ0) is 20.9. The van der Waals surface area contributed by atoms with Crippen molar-refractivity contribution in [1.82, 2.24) is 14.8 Å². The summed E-state index contributed by atoms with van der Waals surface area (Å²) in [6.45, 7) is 2.11. The van der Waals surface area contributed by atoms with Gasteiger partial charge in [-0.05, 0) is 29.8 Å². The van der Waals surface area contributed by atoms with E-state index in [1.807, 2.05) is 65.2 Å². The van der Waals surface area contributed by atoms with Crippen LogP contribution in [0.1, 0.15) is 10.6 Å². The molecule has 0 radical (unpaired) electrons. The molecular formula is C22H24N4O2S2. The van der Waals surface area contributed by atoms with E-state index in [1.165, 1.54) is 0 Å². The van der Waals surface area contributed by atoms with E-state index in [4.69, 9.17) is 0 Å². The summed E-state index contributed by atoms with van der Waals surface area (Å²) in [5, 5.41) is 3.81. The molecular weight excluding hydrogens is 416 g/mol. The molecule has 2 aromatic carbocycles. The van der Waals surface area contributed by atoms with Crippen LogP contribution in [0.3, 0.4) is 0 Å². The Bertz CT molecular complexity index is 996. The third-order valence-corrected chi connectivity index (χ3v) is 6.95. The van der Waals surface area contributed by atoms with Crippen LogP contribution in [0.4, 0.5) is 10.5 Å². The van der Waals surface area contributed by atoms with Crippen molar-refractivity contribution in [3.63, 3.8) is 0 Å². The second kappa shape index (κ2) is 9.49. The first-order valence-electron chi connectivity index (χ1n) is 9.89. The molecule has 4 rings (SSSR count). The quantitative estimate of drug-likeness (QED) is 0.649.